The second-order valence-electron chi connectivity index (χ2n) is 7.07. The van der Waals surface area contributed by atoms with E-state index in [-0.39, 0.29) is 23.8 Å². The van der Waals surface area contributed by atoms with E-state index in [0.717, 1.165) is 13.0 Å². The number of carboxylic acids is 1. The van der Waals surface area contributed by atoms with Gasteiger partial charge >= 0.3 is 12.0 Å². The average molecular weight is 298 g/mol. The highest BCUT2D eigenvalue weighted by Gasteiger charge is 2.34. The van der Waals surface area contributed by atoms with Crippen LogP contribution >= 0.6 is 0 Å². The van der Waals surface area contributed by atoms with Crippen molar-refractivity contribution >= 4 is 12.0 Å². The Bertz CT molecular complexity index is 349. The quantitative estimate of drug-likeness (QED) is 0.644. The molecule has 3 N–H and O–H groups in total. The Morgan fingerprint density at radius 1 is 1.14 bits per heavy atom. The monoisotopic (exact) mass is 298 g/mol. The summed E-state index contributed by atoms with van der Waals surface area (Å²) < 4.78 is 0. The van der Waals surface area contributed by atoms with E-state index < -0.39 is 5.97 Å². The van der Waals surface area contributed by atoms with Crippen LogP contribution in [0.5, 0.6) is 0 Å². The van der Waals surface area contributed by atoms with Crippen LogP contribution in [0.1, 0.15) is 59.3 Å². The van der Waals surface area contributed by atoms with E-state index in [1.54, 1.807) is 0 Å². The summed E-state index contributed by atoms with van der Waals surface area (Å²) in [4.78, 5) is 22.4. The summed E-state index contributed by atoms with van der Waals surface area (Å²) in [6.07, 6.45) is 6.14. The number of nitrogens with one attached hydrogen (secondary N) is 2. The zero-order chi connectivity index (χ0) is 15.9. The SMILES string of the molecule is CC(C)CC1(CNC(=O)NCC(C)CC(=O)O)CCCC1. The minimum atomic E-state index is -0.827. The Kier molecular flexibility index (Phi) is 6.99. The smallest absolute Gasteiger partial charge is 0.314 e. The molecule has 0 radical (unpaired) electrons. The van der Waals surface area contributed by atoms with E-state index in [0.29, 0.717) is 12.5 Å². The fraction of sp³-hybridized carbons (Fsp3) is 0.875. The maximum Gasteiger partial charge on any atom is 0.314 e. The fourth-order valence-electron chi connectivity index (χ4n) is 3.41. The molecule has 122 valence electrons. The van der Waals surface area contributed by atoms with Gasteiger partial charge in [0.2, 0.25) is 0 Å². The first-order valence-corrected chi connectivity index (χ1v) is 8.06. The molecule has 1 atom stereocenters. The minimum Gasteiger partial charge on any atom is -0.481 e. The first-order valence-electron chi connectivity index (χ1n) is 8.06. The van der Waals surface area contributed by atoms with Crippen LogP contribution in [0.15, 0.2) is 0 Å². The Balaban J connectivity index is 2.32. The fourth-order valence-corrected chi connectivity index (χ4v) is 3.41. The van der Waals surface area contributed by atoms with Crippen molar-refractivity contribution in [2.24, 2.45) is 17.3 Å². The molecule has 5 heteroatoms. The number of carbonyl (C=O) groups excluding carboxylic acids is 1. The Morgan fingerprint density at radius 3 is 2.29 bits per heavy atom. The number of amides is 2. The van der Waals surface area contributed by atoms with Crippen LogP contribution in [0.25, 0.3) is 0 Å². The molecule has 1 aliphatic carbocycles. The molecule has 1 saturated carbocycles. The van der Waals surface area contributed by atoms with Crippen LogP contribution in [0.4, 0.5) is 4.79 Å². The molecule has 1 rings (SSSR count). The molecule has 1 fully saturated rings. The van der Waals surface area contributed by atoms with Gasteiger partial charge in [-0.1, -0.05) is 33.6 Å². The lowest BCUT2D eigenvalue weighted by Gasteiger charge is -2.31. The second kappa shape index (κ2) is 8.25. The van der Waals surface area contributed by atoms with E-state index in [2.05, 4.69) is 24.5 Å². The van der Waals surface area contributed by atoms with E-state index in [1.165, 1.54) is 25.7 Å². The Hall–Kier alpha value is -1.26. The first kappa shape index (κ1) is 17.8. The van der Waals surface area contributed by atoms with Crippen LogP contribution in [-0.4, -0.2) is 30.2 Å². The van der Waals surface area contributed by atoms with Crippen molar-refractivity contribution in [3.05, 3.63) is 0 Å². The van der Waals surface area contributed by atoms with Gasteiger partial charge in [0.15, 0.2) is 0 Å². The van der Waals surface area contributed by atoms with Gasteiger partial charge < -0.3 is 15.7 Å². The maximum atomic E-state index is 11.8. The van der Waals surface area contributed by atoms with Gasteiger partial charge in [-0.2, -0.15) is 0 Å². The molecule has 0 aromatic carbocycles. The summed E-state index contributed by atoms with van der Waals surface area (Å²) in [6.45, 7) is 7.41. The van der Waals surface area contributed by atoms with Crippen LogP contribution in [0.3, 0.4) is 0 Å². The van der Waals surface area contributed by atoms with Gasteiger partial charge in [-0.05, 0) is 36.5 Å². The van der Waals surface area contributed by atoms with Crippen molar-refractivity contribution in [1.82, 2.24) is 10.6 Å². The normalized spacial score (nSPS) is 18.5. The molecule has 0 heterocycles. The average Bonchev–Trinajstić information content (AvgIpc) is 2.81. The summed E-state index contributed by atoms with van der Waals surface area (Å²) in [5.74, 6) is -0.237. The third-order valence-electron chi connectivity index (χ3n) is 4.26. The van der Waals surface area contributed by atoms with E-state index in [9.17, 15) is 9.59 Å². The van der Waals surface area contributed by atoms with Crippen LogP contribution in [0, 0.1) is 17.3 Å². The van der Waals surface area contributed by atoms with Gasteiger partial charge in [0.05, 0.1) is 0 Å². The molecule has 0 aliphatic heterocycles. The van der Waals surface area contributed by atoms with Gasteiger partial charge in [0.1, 0.15) is 0 Å². The van der Waals surface area contributed by atoms with Crippen molar-refractivity contribution in [2.75, 3.05) is 13.1 Å². The Labute approximate surface area is 127 Å². The molecule has 2 amide bonds. The van der Waals surface area contributed by atoms with Gasteiger partial charge in [-0.15, -0.1) is 0 Å². The van der Waals surface area contributed by atoms with Crippen LogP contribution < -0.4 is 10.6 Å². The zero-order valence-electron chi connectivity index (χ0n) is 13.6. The van der Waals surface area contributed by atoms with Crippen molar-refractivity contribution in [3.63, 3.8) is 0 Å². The van der Waals surface area contributed by atoms with E-state index >= 15 is 0 Å². The molecule has 0 bridgehead atoms. The molecule has 1 unspecified atom stereocenters. The van der Waals surface area contributed by atoms with Gasteiger partial charge in [-0.25, -0.2) is 4.79 Å². The van der Waals surface area contributed by atoms with Gasteiger partial charge in [-0.3, -0.25) is 4.79 Å². The number of carboxylic acid groups (broad SMARTS) is 1. The van der Waals surface area contributed by atoms with Crippen molar-refractivity contribution in [3.8, 4) is 0 Å². The standard InChI is InChI=1S/C16H30N2O3/c1-12(2)9-16(6-4-5-7-16)11-18-15(21)17-10-13(3)8-14(19)20/h12-13H,4-11H2,1-3H3,(H,19,20)(H2,17,18,21). The highest BCUT2D eigenvalue weighted by Crippen LogP contribution is 2.42. The predicted octanol–water partition coefficient (Wildman–Crippen LogP) is 3.00. The molecule has 0 spiro atoms. The van der Waals surface area contributed by atoms with E-state index in [1.807, 2.05) is 6.92 Å². The van der Waals surface area contributed by atoms with Crippen molar-refractivity contribution < 1.29 is 14.7 Å². The van der Waals surface area contributed by atoms with Gasteiger partial charge in [0.25, 0.3) is 0 Å². The number of rotatable bonds is 8. The summed E-state index contributed by atoms with van der Waals surface area (Å²) in [5.41, 5.74) is 0.262. The minimum absolute atomic E-state index is 0.0515. The molecule has 5 nitrogen and oxygen atoms in total. The van der Waals surface area contributed by atoms with Gasteiger partial charge in [0, 0.05) is 19.5 Å². The number of hydrogen-bond acceptors (Lipinski definition) is 2. The molecular weight excluding hydrogens is 268 g/mol. The molecule has 21 heavy (non-hydrogen) atoms. The topological polar surface area (TPSA) is 78.4 Å². The second-order valence-corrected chi connectivity index (χ2v) is 7.07. The third-order valence-corrected chi connectivity index (χ3v) is 4.26. The summed E-state index contributed by atoms with van der Waals surface area (Å²) in [6, 6.07) is -0.178. The molecule has 0 saturated heterocycles. The highest BCUT2D eigenvalue weighted by atomic mass is 16.4. The predicted molar refractivity (Wildman–Crippen MR) is 83.2 cm³/mol. The number of hydrogen-bond donors (Lipinski definition) is 3. The maximum absolute atomic E-state index is 11.8. The molecule has 0 aromatic rings. The lowest BCUT2D eigenvalue weighted by Crippen LogP contribution is -2.43. The molecule has 0 aromatic heterocycles. The zero-order valence-corrected chi connectivity index (χ0v) is 13.6. The number of carbonyl (C=O) groups is 2. The number of urea groups is 1. The Morgan fingerprint density at radius 2 is 1.76 bits per heavy atom. The largest absolute Gasteiger partial charge is 0.481 e. The lowest BCUT2D eigenvalue weighted by atomic mass is 9.78. The molecule has 1 aliphatic rings. The van der Waals surface area contributed by atoms with E-state index in [4.69, 9.17) is 5.11 Å². The van der Waals surface area contributed by atoms with Crippen molar-refractivity contribution in [1.29, 1.82) is 0 Å². The summed E-state index contributed by atoms with van der Waals surface area (Å²) in [5, 5.41) is 14.4. The van der Waals surface area contributed by atoms with Crippen molar-refractivity contribution in [2.45, 2.75) is 59.3 Å². The first-order chi connectivity index (χ1) is 9.83. The van der Waals surface area contributed by atoms with Crippen LogP contribution in [-0.2, 0) is 4.79 Å². The lowest BCUT2D eigenvalue weighted by molar-refractivity contribution is -0.137. The summed E-state index contributed by atoms with van der Waals surface area (Å²) >= 11 is 0. The van der Waals surface area contributed by atoms with Crippen LogP contribution in [0.2, 0.25) is 0 Å². The molecular formula is C16H30N2O3. The third kappa shape index (κ3) is 6.82. The highest BCUT2D eigenvalue weighted by molar-refractivity contribution is 5.74. The number of aliphatic carboxylic acids is 1. The summed E-state index contributed by atoms with van der Waals surface area (Å²) in [7, 11) is 0.